The van der Waals surface area contributed by atoms with E-state index in [0.29, 0.717) is 16.1 Å². The summed E-state index contributed by atoms with van der Waals surface area (Å²) in [6.07, 6.45) is 2.52. The molecule has 4 nitrogen and oxygen atoms in total. The zero-order chi connectivity index (χ0) is 11.1. The molecular formula is C10H9ClN4S. The first-order valence-electron chi connectivity index (χ1n) is 5.03. The summed E-state index contributed by atoms with van der Waals surface area (Å²) in [6.45, 7) is 0. The highest BCUT2D eigenvalue weighted by atomic mass is 35.5. The SMILES string of the molecule is Sc1nnnn1-c1ccc(C2CC2)cc1Cl. The lowest BCUT2D eigenvalue weighted by Crippen LogP contribution is -1.99. The number of aromatic nitrogens is 4. The fraction of sp³-hybridized carbons (Fsp3) is 0.300. The smallest absolute Gasteiger partial charge is 0.186 e. The number of thiol groups is 1. The molecule has 0 unspecified atom stereocenters. The number of benzene rings is 1. The molecule has 16 heavy (non-hydrogen) atoms. The van der Waals surface area contributed by atoms with E-state index in [-0.39, 0.29) is 0 Å². The van der Waals surface area contributed by atoms with Crippen LogP contribution in [0.1, 0.15) is 24.3 Å². The molecule has 0 aliphatic heterocycles. The van der Waals surface area contributed by atoms with Gasteiger partial charge in [0.2, 0.25) is 5.16 Å². The Morgan fingerprint density at radius 3 is 2.75 bits per heavy atom. The largest absolute Gasteiger partial charge is 0.211 e. The first kappa shape index (κ1) is 10.1. The van der Waals surface area contributed by atoms with Crippen LogP contribution in [0.15, 0.2) is 23.4 Å². The zero-order valence-corrected chi connectivity index (χ0v) is 9.99. The summed E-state index contributed by atoms with van der Waals surface area (Å²) in [7, 11) is 0. The van der Waals surface area contributed by atoms with Crippen molar-refractivity contribution in [3.63, 3.8) is 0 Å². The molecule has 1 heterocycles. The maximum Gasteiger partial charge on any atom is 0.211 e. The van der Waals surface area contributed by atoms with Crippen LogP contribution >= 0.6 is 24.2 Å². The Labute approximate surface area is 103 Å². The summed E-state index contributed by atoms with van der Waals surface area (Å²) in [6, 6.07) is 6.00. The van der Waals surface area contributed by atoms with E-state index < -0.39 is 0 Å². The first-order chi connectivity index (χ1) is 7.75. The Morgan fingerprint density at radius 2 is 2.19 bits per heavy atom. The second kappa shape index (κ2) is 3.75. The molecule has 2 aromatic rings. The van der Waals surface area contributed by atoms with Gasteiger partial charge in [-0.15, -0.1) is 17.7 Å². The van der Waals surface area contributed by atoms with Crippen molar-refractivity contribution in [1.29, 1.82) is 0 Å². The highest BCUT2D eigenvalue weighted by Crippen LogP contribution is 2.41. The molecule has 0 spiro atoms. The van der Waals surface area contributed by atoms with Crippen molar-refractivity contribution in [3.8, 4) is 5.69 Å². The molecule has 0 bridgehead atoms. The minimum Gasteiger partial charge on any atom is -0.186 e. The third kappa shape index (κ3) is 1.70. The molecule has 0 radical (unpaired) electrons. The van der Waals surface area contributed by atoms with E-state index >= 15 is 0 Å². The number of rotatable bonds is 2. The minimum absolute atomic E-state index is 0.432. The molecule has 1 aliphatic rings. The van der Waals surface area contributed by atoms with Crippen LogP contribution in [0, 0.1) is 0 Å². The molecule has 1 fully saturated rings. The lowest BCUT2D eigenvalue weighted by atomic mass is 10.1. The molecule has 1 saturated carbocycles. The fourth-order valence-electron chi connectivity index (χ4n) is 1.70. The second-order valence-corrected chi connectivity index (χ2v) is 4.68. The fourth-order valence-corrected chi connectivity index (χ4v) is 2.16. The predicted octanol–water partition coefficient (Wildman–Crippen LogP) is 2.48. The number of tetrazole rings is 1. The summed E-state index contributed by atoms with van der Waals surface area (Å²) in [5, 5.41) is 12.2. The molecule has 3 rings (SSSR count). The Kier molecular flexibility index (Phi) is 2.37. The maximum absolute atomic E-state index is 6.21. The molecular weight excluding hydrogens is 244 g/mol. The van der Waals surface area contributed by atoms with E-state index in [1.54, 1.807) is 0 Å². The van der Waals surface area contributed by atoms with Crippen molar-refractivity contribution in [1.82, 2.24) is 20.2 Å². The number of halogens is 1. The summed E-state index contributed by atoms with van der Waals surface area (Å²) in [5.41, 5.74) is 2.06. The van der Waals surface area contributed by atoms with Crippen LogP contribution in [0.2, 0.25) is 5.02 Å². The van der Waals surface area contributed by atoms with Gasteiger partial charge in [0.1, 0.15) is 0 Å². The number of hydrogen-bond donors (Lipinski definition) is 1. The molecule has 82 valence electrons. The summed E-state index contributed by atoms with van der Waals surface area (Å²) in [4.78, 5) is 0. The van der Waals surface area contributed by atoms with Crippen molar-refractivity contribution in [2.75, 3.05) is 0 Å². The Morgan fingerprint density at radius 1 is 1.38 bits per heavy atom. The molecule has 1 aromatic heterocycles. The van der Waals surface area contributed by atoms with E-state index in [9.17, 15) is 0 Å². The van der Waals surface area contributed by atoms with E-state index in [4.69, 9.17) is 11.6 Å². The average Bonchev–Trinajstić information content (AvgIpc) is 3.03. The van der Waals surface area contributed by atoms with E-state index in [0.717, 1.165) is 5.69 Å². The van der Waals surface area contributed by atoms with E-state index in [1.807, 2.05) is 12.1 Å². The molecule has 0 N–H and O–H groups in total. The Bertz CT molecular complexity index is 535. The van der Waals surface area contributed by atoms with Gasteiger partial charge in [0, 0.05) is 0 Å². The highest BCUT2D eigenvalue weighted by molar-refractivity contribution is 7.80. The third-order valence-corrected chi connectivity index (χ3v) is 3.28. The number of nitrogens with zero attached hydrogens (tertiary/aromatic N) is 4. The van der Waals surface area contributed by atoms with Crippen LogP contribution in [0.5, 0.6) is 0 Å². The highest BCUT2D eigenvalue weighted by Gasteiger charge is 2.24. The van der Waals surface area contributed by atoms with Crippen LogP contribution in [-0.4, -0.2) is 20.2 Å². The van der Waals surface area contributed by atoms with Gasteiger partial charge in [0.15, 0.2) is 0 Å². The van der Waals surface area contributed by atoms with Crippen LogP contribution in [0.4, 0.5) is 0 Å². The van der Waals surface area contributed by atoms with Crippen LogP contribution in [0.3, 0.4) is 0 Å². The quantitative estimate of drug-likeness (QED) is 0.835. The standard InChI is InChI=1S/C10H9ClN4S/c11-8-5-7(6-1-2-6)3-4-9(8)15-10(16)12-13-14-15/h3-6H,1-2H2,(H,12,14,16). The first-order valence-corrected chi connectivity index (χ1v) is 5.85. The van der Waals surface area contributed by atoms with Crippen molar-refractivity contribution in [3.05, 3.63) is 28.8 Å². The lowest BCUT2D eigenvalue weighted by molar-refractivity contribution is 0.757. The van der Waals surface area contributed by atoms with Gasteiger partial charge >= 0.3 is 0 Å². The Balaban J connectivity index is 2.05. The zero-order valence-electron chi connectivity index (χ0n) is 8.34. The topological polar surface area (TPSA) is 43.6 Å². The van der Waals surface area contributed by atoms with Crippen LogP contribution < -0.4 is 0 Å². The van der Waals surface area contributed by atoms with Gasteiger partial charge in [-0.2, -0.15) is 4.68 Å². The van der Waals surface area contributed by atoms with Crippen molar-refractivity contribution in [2.24, 2.45) is 0 Å². The van der Waals surface area contributed by atoms with Gasteiger partial charge in [0.05, 0.1) is 10.7 Å². The molecule has 0 amide bonds. The summed E-state index contributed by atoms with van der Waals surface area (Å²) in [5.74, 6) is 0.691. The van der Waals surface area contributed by atoms with Gasteiger partial charge in [0.25, 0.3) is 0 Å². The van der Waals surface area contributed by atoms with E-state index in [1.165, 1.54) is 23.1 Å². The molecule has 0 atom stereocenters. The Hall–Kier alpha value is -1.07. The minimum atomic E-state index is 0.432. The summed E-state index contributed by atoms with van der Waals surface area (Å²) < 4.78 is 1.52. The van der Waals surface area contributed by atoms with Gasteiger partial charge < -0.3 is 0 Å². The van der Waals surface area contributed by atoms with Crippen molar-refractivity contribution >= 4 is 24.2 Å². The van der Waals surface area contributed by atoms with E-state index in [2.05, 4.69) is 34.2 Å². The molecule has 1 aromatic carbocycles. The maximum atomic E-state index is 6.21. The molecule has 0 saturated heterocycles. The van der Waals surface area contributed by atoms with Crippen molar-refractivity contribution < 1.29 is 0 Å². The van der Waals surface area contributed by atoms with Gasteiger partial charge in [-0.05, 0) is 46.9 Å². The predicted molar refractivity (Wildman–Crippen MR) is 63.4 cm³/mol. The lowest BCUT2D eigenvalue weighted by Gasteiger charge is -2.06. The molecule has 1 aliphatic carbocycles. The third-order valence-electron chi connectivity index (χ3n) is 2.70. The monoisotopic (exact) mass is 252 g/mol. The normalized spacial score (nSPS) is 15.4. The molecule has 6 heteroatoms. The summed E-state index contributed by atoms with van der Waals surface area (Å²) >= 11 is 10.4. The van der Waals surface area contributed by atoms with Gasteiger partial charge in [-0.3, -0.25) is 0 Å². The second-order valence-electron chi connectivity index (χ2n) is 3.88. The van der Waals surface area contributed by atoms with Crippen LogP contribution in [-0.2, 0) is 0 Å². The van der Waals surface area contributed by atoms with Crippen LogP contribution in [0.25, 0.3) is 5.69 Å². The van der Waals surface area contributed by atoms with Crippen molar-refractivity contribution in [2.45, 2.75) is 23.9 Å². The average molecular weight is 253 g/mol. The number of hydrogen-bond acceptors (Lipinski definition) is 4. The van der Waals surface area contributed by atoms with Gasteiger partial charge in [-0.25, -0.2) is 0 Å². The van der Waals surface area contributed by atoms with Gasteiger partial charge in [-0.1, -0.05) is 17.7 Å².